The summed E-state index contributed by atoms with van der Waals surface area (Å²) < 4.78 is 0. The van der Waals surface area contributed by atoms with Gasteiger partial charge in [-0.05, 0) is 75.9 Å². The Hall–Kier alpha value is -2.09. The molecule has 0 saturated heterocycles. The molecule has 1 heterocycles. The minimum Gasteiger partial charge on any atom is -0.340 e. The Morgan fingerprint density at radius 3 is 2.27 bits per heavy atom. The second-order valence-corrected chi connectivity index (χ2v) is 7.03. The molecule has 0 bridgehead atoms. The highest BCUT2D eigenvalue weighted by Gasteiger charge is 2.27. The van der Waals surface area contributed by atoms with Crippen molar-refractivity contribution in [2.24, 2.45) is 4.99 Å². The summed E-state index contributed by atoms with van der Waals surface area (Å²) in [5.74, 6) is 0.984. The Morgan fingerprint density at radius 2 is 1.59 bits per heavy atom. The number of aliphatic imine (C=N–C) groups is 1. The van der Waals surface area contributed by atoms with Crippen LogP contribution in [0.2, 0.25) is 0 Å². The molecule has 0 fully saturated rings. The van der Waals surface area contributed by atoms with Gasteiger partial charge in [-0.2, -0.15) is 0 Å². The predicted octanol–water partition coefficient (Wildman–Crippen LogP) is 4.81. The van der Waals surface area contributed by atoms with Gasteiger partial charge in [0, 0.05) is 11.3 Å². The van der Waals surface area contributed by atoms with Crippen molar-refractivity contribution in [1.29, 1.82) is 0 Å². The minimum atomic E-state index is -0.0677. The number of hydrogen-bond donors (Lipinski definition) is 1. The molecule has 0 spiro atoms. The summed E-state index contributed by atoms with van der Waals surface area (Å²) in [6, 6.07) is 13.1. The zero-order chi connectivity index (χ0) is 15.9. The van der Waals surface area contributed by atoms with Crippen LogP contribution in [-0.2, 0) is 6.42 Å². The summed E-state index contributed by atoms with van der Waals surface area (Å²) in [5, 5.41) is 3.52. The normalized spacial score (nSPS) is 16.0. The second-order valence-electron chi connectivity index (χ2n) is 7.03. The summed E-state index contributed by atoms with van der Waals surface area (Å²) in [7, 11) is 0. The van der Waals surface area contributed by atoms with E-state index < -0.39 is 0 Å². The van der Waals surface area contributed by atoms with Gasteiger partial charge in [0.2, 0.25) is 0 Å². The number of fused-ring (bicyclic) bond motifs is 1. The fourth-order valence-corrected chi connectivity index (χ4v) is 2.98. The molecule has 114 valence electrons. The van der Waals surface area contributed by atoms with Crippen LogP contribution in [0.4, 0.5) is 5.69 Å². The van der Waals surface area contributed by atoms with Crippen molar-refractivity contribution in [3.8, 4) is 0 Å². The molecular formula is C20H24N2. The van der Waals surface area contributed by atoms with E-state index in [1.165, 1.54) is 27.8 Å². The van der Waals surface area contributed by atoms with E-state index >= 15 is 0 Å². The highest BCUT2D eigenvalue weighted by molar-refractivity contribution is 6.10. The first kappa shape index (κ1) is 14.8. The van der Waals surface area contributed by atoms with Gasteiger partial charge >= 0.3 is 0 Å². The number of nitrogens with zero attached hydrogens (tertiary/aromatic N) is 1. The number of amidine groups is 1. The van der Waals surface area contributed by atoms with Crippen LogP contribution in [0.25, 0.3) is 0 Å². The van der Waals surface area contributed by atoms with Crippen LogP contribution in [0.3, 0.4) is 0 Å². The van der Waals surface area contributed by atoms with Crippen molar-refractivity contribution in [3.05, 3.63) is 64.2 Å². The Morgan fingerprint density at radius 1 is 0.955 bits per heavy atom. The Bertz CT molecular complexity index is 737. The largest absolute Gasteiger partial charge is 0.340 e. The number of hydrogen-bond acceptors (Lipinski definition) is 2. The monoisotopic (exact) mass is 292 g/mol. The zero-order valence-corrected chi connectivity index (χ0v) is 14.1. The van der Waals surface area contributed by atoms with Crippen molar-refractivity contribution in [1.82, 2.24) is 0 Å². The quantitative estimate of drug-likeness (QED) is 0.801. The summed E-state index contributed by atoms with van der Waals surface area (Å²) >= 11 is 0. The molecule has 0 atom stereocenters. The Labute approximate surface area is 133 Å². The van der Waals surface area contributed by atoms with Gasteiger partial charge in [0.15, 0.2) is 0 Å². The van der Waals surface area contributed by atoms with Crippen molar-refractivity contribution in [2.45, 2.75) is 46.6 Å². The number of nitrogens with one attached hydrogen (secondary N) is 1. The van der Waals surface area contributed by atoms with Crippen molar-refractivity contribution in [3.63, 3.8) is 0 Å². The van der Waals surface area contributed by atoms with Gasteiger partial charge in [-0.1, -0.05) is 23.8 Å². The molecule has 0 saturated carbocycles. The molecule has 2 aromatic carbocycles. The van der Waals surface area contributed by atoms with Gasteiger partial charge in [0.25, 0.3) is 0 Å². The number of aryl methyl sites for hydroxylation is 3. The summed E-state index contributed by atoms with van der Waals surface area (Å²) in [4.78, 5) is 4.95. The molecule has 22 heavy (non-hydrogen) atoms. The van der Waals surface area contributed by atoms with E-state index in [2.05, 4.69) is 76.3 Å². The first-order valence-corrected chi connectivity index (χ1v) is 7.88. The SMILES string of the molecule is Cc1ccc(NC2=NC(C)(C)Cc3cc(C)c(C)cc32)cc1. The lowest BCUT2D eigenvalue weighted by Crippen LogP contribution is -2.32. The third-order valence-electron chi connectivity index (χ3n) is 4.33. The van der Waals surface area contributed by atoms with Crippen molar-refractivity contribution >= 4 is 11.5 Å². The molecule has 0 aliphatic carbocycles. The third-order valence-corrected chi connectivity index (χ3v) is 4.33. The standard InChI is InChI=1S/C20H24N2/c1-13-6-8-17(9-7-13)21-19-18-11-15(3)14(2)10-16(18)12-20(4,5)22-19/h6-11H,12H2,1-5H3,(H,21,22). The van der Waals surface area contributed by atoms with E-state index in [1.807, 2.05) is 0 Å². The second kappa shape index (κ2) is 5.28. The van der Waals surface area contributed by atoms with Crippen LogP contribution in [0.5, 0.6) is 0 Å². The van der Waals surface area contributed by atoms with Crippen molar-refractivity contribution < 1.29 is 0 Å². The lowest BCUT2D eigenvalue weighted by atomic mass is 9.86. The lowest BCUT2D eigenvalue weighted by molar-refractivity contribution is 0.513. The van der Waals surface area contributed by atoms with Gasteiger partial charge in [-0.15, -0.1) is 0 Å². The van der Waals surface area contributed by atoms with Gasteiger partial charge in [0.1, 0.15) is 5.84 Å². The fraction of sp³-hybridized carbons (Fsp3) is 0.350. The predicted molar refractivity (Wildman–Crippen MR) is 95.0 cm³/mol. The topological polar surface area (TPSA) is 24.4 Å². The number of rotatable bonds is 1. The molecular weight excluding hydrogens is 268 g/mol. The van der Waals surface area contributed by atoms with Crippen LogP contribution in [-0.4, -0.2) is 11.4 Å². The molecule has 0 unspecified atom stereocenters. The van der Waals surface area contributed by atoms with E-state index in [0.717, 1.165) is 17.9 Å². The Balaban J connectivity index is 2.03. The van der Waals surface area contributed by atoms with Gasteiger partial charge in [-0.25, -0.2) is 0 Å². The minimum absolute atomic E-state index is 0.0677. The van der Waals surface area contributed by atoms with Gasteiger partial charge in [-0.3, -0.25) is 4.99 Å². The maximum atomic E-state index is 4.95. The van der Waals surface area contributed by atoms with Crippen LogP contribution < -0.4 is 5.32 Å². The fourth-order valence-electron chi connectivity index (χ4n) is 2.98. The smallest absolute Gasteiger partial charge is 0.133 e. The summed E-state index contributed by atoms with van der Waals surface area (Å²) in [6.07, 6.45) is 0.989. The molecule has 0 amide bonds. The van der Waals surface area contributed by atoms with Crippen LogP contribution >= 0.6 is 0 Å². The first-order chi connectivity index (χ1) is 10.3. The first-order valence-electron chi connectivity index (χ1n) is 7.88. The van der Waals surface area contributed by atoms with E-state index in [1.54, 1.807) is 0 Å². The molecule has 2 nitrogen and oxygen atoms in total. The van der Waals surface area contributed by atoms with E-state index in [4.69, 9.17) is 4.99 Å². The highest BCUT2D eigenvalue weighted by Crippen LogP contribution is 2.29. The van der Waals surface area contributed by atoms with Crippen LogP contribution in [0.15, 0.2) is 41.4 Å². The molecule has 0 aromatic heterocycles. The molecule has 0 radical (unpaired) electrons. The average Bonchev–Trinajstić information content (AvgIpc) is 2.43. The average molecular weight is 292 g/mol. The molecule has 2 heteroatoms. The van der Waals surface area contributed by atoms with Gasteiger partial charge in [0.05, 0.1) is 5.54 Å². The van der Waals surface area contributed by atoms with Gasteiger partial charge < -0.3 is 5.32 Å². The molecule has 1 aliphatic heterocycles. The van der Waals surface area contributed by atoms with E-state index in [0.29, 0.717) is 0 Å². The molecule has 3 rings (SSSR count). The maximum absolute atomic E-state index is 4.95. The highest BCUT2D eigenvalue weighted by atomic mass is 15.0. The summed E-state index contributed by atoms with van der Waals surface area (Å²) in [5.41, 5.74) is 7.58. The lowest BCUT2D eigenvalue weighted by Gasteiger charge is -2.30. The summed E-state index contributed by atoms with van der Waals surface area (Å²) in [6.45, 7) is 10.8. The number of benzene rings is 2. The number of anilines is 1. The zero-order valence-electron chi connectivity index (χ0n) is 14.1. The van der Waals surface area contributed by atoms with Crippen molar-refractivity contribution in [2.75, 3.05) is 5.32 Å². The van der Waals surface area contributed by atoms with Crippen LogP contribution in [0.1, 0.15) is 41.7 Å². The molecule has 1 N–H and O–H groups in total. The maximum Gasteiger partial charge on any atom is 0.133 e. The Kier molecular flexibility index (Phi) is 3.56. The van der Waals surface area contributed by atoms with E-state index in [9.17, 15) is 0 Å². The van der Waals surface area contributed by atoms with Crippen LogP contribution in [0, 0.1) is 20.8 Å². The van der Waals surface area contributed by atoms with E-state index in [-0.39, 0.29) is 5.54 Å². The third kappa shape index (κ3) is 2.92. The molecule has 1 aliphatic rings. The molecule has 2 aromatic rings.